The van der Waals surface area contributed by atoms with Gasteiger partial charge in [0.2, 0.25) is 5.91 Å². The highest BCUT2D eigenvalue weighted by Gasteiger charge is 2.33. The van der Waals surface area contributed by atoms with E-state index >= 15 is 0 Å². The number of hydrogen-bond donors (Lipinski definition) is 3. The average molecular weight is 240 g/mol. The number of carbonyl (C=O) groups excluding carboxylic acids is 1. The third-order valence-corrected chi connectivity index (χ3v) is 4.21. The third kappa shape index (κ3) is 3.42. The van der Waals surface area contributed by atoms with Crippen molar-refractivity contribution in [2.24, 2.45) is 0 Å². The number of aliphatic hydroxyl groups is 1. The predicted molar refractivity (Wildman–Crippen MR) is 66.7 cm³/mol. The van der Waals surface area contributed by atoms with Crippen LogP contribution in [0.1, 0.15) is 51.4 Å². The molecule has 0 heterocycles. The number of carbonyl (C=O) groups is 1. The summed E-state index contributed by atoms with van der Waals surface area (Å²) in [4.78, 5) is 11.8. The number of rotatable bonds is 5. The van der Waals surface area contributed by atoms with Crippen LogP contribution >= 0.6 is 0 Å². The molecular weight excluding hydrogens is 216 g/mol. The molecule has 3 N–H and O–H groups in total. The normalized spacial score (nSPS) is 24.1. The van der Waals surface area contributed by atoms with Crippen LogP contribution in [0.25, 0.3) is 0 Å². The Kier molecular flexibility index (Phi) is 4.40. The van der Waals surface area contributed by atoms with Crippen LogP contribution in [0.15, 0.2) is 0 Å². The van der Waals surface area contributed by atoms with Crippen molar-refractivity contribution < 1.29 is 9.90 Å². The van der Waals surface area contributed by atoms with Gasteiger partial charge in [0, 0.05) is 11.6 Å². The fraction of sp³-hybridized carbons (Fsp3) is 0.923. The zero-order valence-corrected chi connectivity index (χ0v) is 10.5. The van der Waals surface area contributed by atoms with E-state index in [2.05, 4.69) is 10.6 Å². The van der Waals surface area contributed by atoms with Crippen molar-refractivity contribution in [3.05, 3.63) is 0 Å². The van der Waals surface area contributed by atoms with Gasteiger partial charge in [-0.1, -0.05) is 25.7 Å². The molecule has 0 aliphatic heterocycles. The van der Waals surface area contributed by atoms with Gasteiger partial charge in [-0.2, -0.15) is 0 Å². The Balaban J connectivity index is 1.71. The molecule has 0 bridgehead atoms. The Labute approximate surface area is 103 Å². The van der Waals surface area contributed by atoms with Crippen molar-refractivity contribution in [2.45, 2.75) is 62.9 Å². The third-order valence-electron chi connectivity index (χ3n) is 4.21. The molecule has 98 valence electrons. The lowest BCUT2D eigenvalue weighted by molar-refractivity contribution is -0.121. The summed E-state index contributed by atoms with van der Waals surface area (Å²) in [5, 5.41) is 15.7. The van der Waals surface area contributed by atoms with Crippen molar-refractivity contribution in [1.82, 2.24) is 10.6 Å². The Morgan fingerprint density at radius 3 is 2.41 bits per heavy atom. The Morgan fingerprint density at radius 2 is 1.82 bits per heavy atom. The smallest absolute Gasteiger partial charge is 0.234 e. The first-order valence-corrected chi connectivity index (χ1v) is 6.89. The summed E-state index contributed by atoms with van der Waals surface area (Å²) in [5.41, 5.74) is -0.187. The van der Waals surface area contributed by atoms with Gasteiger partial charge in [0.05, 0.1) is 13.2 Å². The van der Waals surface area contributed by atoms with E-state index in [0.717, 1.165) is 38.5 Å². The maximum atomic E-state index is 11.8. The second kappa shape index (κ2) is 5.83. The lowest BCUT2D eigenvalue weighted by Crippen LogP contribution is -2.51. The quantitative estimate of drug-likeness (QED) is 0.670. The van der Waals surface area contributed by atoms with Crippen LogP contribution in [0.2, 0.25) is 0 Å². The fourth-order valence-electron chi connectivity index (χ4n) is 3.06. The Hall–Kier alpha value is -0.610. The molecule has 2 rings (SSSR count). The van der Waals surface area contributed by atoms with E-state index in [1.165, 1.54) is 12.8 Å². The van der Waals surface area contributed by atoms with Gasteiger partial charge in [-0.3, -0.25) is 4.79 Å². The second-order valence-electron chi connectivity index (χ2n) is 5.55. The predicted octanol–water partition coefficient (Wildman–Crippen LogP) is 0.940. The van der Waals surface area contributed by atoms with E-state index in [1.54, 1.807) is 0 Å². The molecule has 0 unspecified atom stereocenters. The number of hydrogen-bond acceptors (Lipinski definition) is 3. The maximum absolute atomic E-state index is 11.8. The minimum Gasteiger partial charge on any atom is -0.394 e. The summed E-state index contributed by atoms with van der Waals surface area (Å²) in [7, 11) is 0. The molecule has 17 heavy (non-hydrogen) atoms. The number of nitrogens with one attached hydrogen (secondary N) is 2. The van der Waals surface area contributed by atoms with Crippen LogP contribution in [0.4, 0.5) is 0 Å². The van der Waals surface area contributed by atoms with Gasteiger partial charge in [-0.25, -0.2) is 0 Å². The minimum atomic E-state index is -0.187. The van der Waals surface area contributed by atoms with Gasteiger partial charge in [0.1, 0.15) is 0 Å². The van der Waals surface area contributed by atoms with Crippen LogP contribution in [-0.2, 0) is 4.79 Å². The zero-order chi connectivity index (χ0) is 12.1. The highest BCUT2D eigenvalue weighted by Crippen LogP contribution is 2.28. The lowest BCUT2D eigenvalue weighted by Gasteiger charge is -2.28. The van der Waals surface area contributed by atoms with Gasteiger partial charge in [-0.05, 0) is 25.7 Å². The van der Waals surface area contributed by atoms with E-state index in [-0.39, 0.29) is 18.1 Å². The largest absolute Gasteiger partial charge is 0.394 e. The monoisotopic (exact) mass is 240 g/mol. The first kappa shape index (κ1) is 12.8. The van der Waals surface area contributed by atoms with Gasteiger partial charge in [0.25, 0.3) is 0 Å². The molecule has 0 aromatic heterocycles. The summed E-state index contributed by atoms with van der Waals surface area (Å²) in [6, 6.07) is 0.387. The summed E-state index contributed by atoms with van der Waals surface area (Å²) in [5.74, 6) is 0.0802. The summed E-state index contributed by atoms with van der Waals surface area (Å²) < 4.78 is 0. The fourth-order valence-corrected chi connectivity index (χ4v) is 3.06. The Bertz CT molecular complexity index is 256. The Morgan fingerprint density at radius 1 is 1.18 bits per heavy atom. The van der Waals surface area contributed by atoms with Gasteiger partial charge < -0.3 is 15.7 Å². The van der Waals surface area contributed by atoms with Crippen molar-refractivity contribution in [3.63, 3.8) is 0 Å². The molecule has 0 spiro atoms. The summed E-state index contributed by atoms with van der Waals surface area (Å²) in [6.07, 6.45) is 8.99. The molecule has 2 aliphatic carbocycles. The van der Waals surface area contributed by atoms with E-state index in [9.17, 15) is 9.90 Å². The average Bonchev–Trinajstić information content (AvgIpc) is 2.98. The molecule has 2 aliphatic rings. The van der Waals surface area contributed by atoms with Crippen LogP contribution in [0.3, 0.4) is 0 Å². The first-order chi connectivity index (χ1) is 8.24. The molecule has 0 aromatic rings. The van der Waals surface area contributed by atoms with E-state index in [4.69, 9.17) is 0 Å². The minimum absolute atomic E-state index is 0.0802. The topological polar surface area (TPSA) is 61.4 Å². The molecule has 0 saturated heterocycles. The van der Waals surface area contributed by atoms with Gasteiger partial charge in [0.15, 0.2) is 0 Å². The summed E-state index contributed by atoms with van der Waals surface area (Å²) in [6.45, 7) is 0.487. The van der Waals surface area contributed by atoms with Crippen LogP contribution in [-0.4, -0.2) is 35.7 Å². The van der Waals surface area contributed by atoms with Crippen molar-refractivity contribution in [1.29, 1.82) is 0 Å². The SMILES string of the molecule is O=C(CNC1(CO)CCCC1)NC1CCCC1. The molecule has 2 saturated carbocycles. The van der Waals surface area contributed by atoms with Crippen molar-refractivity contribution >= 4 is 5.91 Å². The molecule has 2 fully saturated rings. The standard InChI is InChI=1S/C13H24N2O2/c16-10-13(7-3-4-8-13)14-9-12(17)15-11-5-1-2-6-11/h11,14,16H,1-10H2,(H,15,17). The van der Waals surface area contributed by atoms with Crippen molar-refractivity contribution in [3.8, 4) is 0 Å². The molecule has 1 amide bonds. The van der Waals surface area contributed by atoms with E-state index < -0.39 is 0 Å². The molecule has 4 heteroatoms. The van der Waals surface area contributed by atoms with Crippen molar-refractivity contribution in [2.75, 3.05) is 13.2 Å². The number of amides is 1. The first-order valence-electron chi connectivity index (χ1n) is 6.89. The number of aliphatic hydroxyl groups excluding tert-OH is 1. The van der Waals surface area contributed by atoms with Gasteiger partial charge in [-0.15, -0.1) is 0 Å². The second-order valence-corrected chi connectivity index (χ2v) is 5.55. The van der Waals surface area contributed by atoms with E-state index in [0.29, 0.717) is 12.6 Å². The lowest BCUT2D eigenvalue weighted by atomic mass is 9.99. The highest BCUT2D eigenvalue weighted by molar-refractivity contribution is 5.78. The molecule has 4 nitrogen and oxygen atoms in total. The molecular formula is C13H24N2O2. The zero-order valence-electron chi connectivity index (χ0n) is 10.5. The van der Waals surface area contributed by atoms with Crippen LogP contribution in [0, 0.1) is 0 Å². The molecule has 0 radical (unpaired) electrons. The van der Waals surface area contributed by atoms with Gasteiger partial charge >= 0.3 is 0 Å². The molecule has 0 atom stereocenters. The van der Waals surface area contributed by atoms with E-state index in [1.807, 2.05) is 0 Å². The maximum Gasteiger partial charge on any atom is 0.234 e. The van der Waals surface area contributed by atoms with Crippen LogP contribution < -0.4 is 10.6 Å². The molecule has 0 aromatic carbocycles. The highest BCUT2D eigenvalue weighted by atomic mass is 16.3. The summed E-state index contributed by atoms with van der Waals surface area (Å²) >= 11 is 0. The van der Waals surface area contributed by atoms with Crippen LogP contribution in [0.5, 0.6) is 0 Å².